The quantitative estimate of drug-likeness (QED) is 0.771. The highest BCUT2D eigenvalue weighted by Gasteiger charge is 2.14. The summed E-state index contributed by atoms with van der Waals surface area (Å²) >= 11 is 5.82. The van der Waals surface area contributed by atoms with Crippen molar-refractivity contribution in [3.63, 3.8) is 0 Å². The van der Waals surface area contributed by atoms with Gasteiger partial charge in [-0.1, -0.05) is 30.3 Å². The van der Waals surface area contributed by atoms with Crippen LogP contribution >= 0.6 is 11.6 Å². The lowest BCUT2D eigenvalue weighted by molar-refractivity contribution is 0.331. The van der Waals surface area contributed by atoms with Crippen LogP contribution < -0.4 is 9.64 Å². The van der Waals surface area contributed by atoms with E-state index in [-0.39, 0.29) is 0 Å². The van der Waals surface area contributed by atoms with Gasteiger partial charge in [0.05, 0.1) is 6.54 Å². The number of fused-ring (bicyclic) bond motifs is 1. The topological polar surface area (TPSA) is 12.5 Å². The van der Waals surface area contributed by atoms with Crippen molar-refractivity contribution in [3.05, 3.63) is 59.7 Å². The molecule has 0 unspecified atom stereocenters. The van der Waals surface area contributed by atoms with Gasteiger partial charge in [-0.2, -0.15) is 0 Å². The van der Waals surface area contributed by atoms with Crippen molar-refractivity contribution in [1.82, 2.24) is 0 Å². The Kier molecular flexibility index (Phi) is 3.60. The third kappa shape index (κ3) is 2.69. The van der Waals surface area contributed by atoms with E-state index in [4.69, 9.17) is 16.3 Å². The number of alkyl halides is 1. The number of nitrogens with zero attached hydrogens (tertiary/aromatic N) is 1. The number of anilines is 1. The van der Waals surface area contributed by atoms with Crippen LogP contribution in [0.15, 0.2) is 48.5 Å². The second-order valence-corrected chi connectivity index (χ2v) is 4.95. The van der Waals surface area contributed by atoms with Gasteiger partial charge in [-0.15, -0.1) is 11.6 Å². The van der Waals surface area contributed by atoms with Gasteiger partial charge in [0.15, 0.2) is 0 Å². The number of rotatable bonds is 2. The standard InChI is InChI=1S/C16H16ClNO/c17-11-13-5-7-15(8-6-13)18-9-10-19-16-4-2-1-3-14(16)12-18/h1-8H,9-12H2. The van der Waals surface area contributed by atoms with Gasteiger partial charge in [-0.25, -0.2) is 0 Å². The summed E-state index contributed by atoms with van der Waals surface area (Å²) in [5.41, 5.74) is 3.60. The second-order valence-electron chi connectivity index (χ2n) is 4.68. The largest absolute Gasteiger partial charge is 0.491 e. The average Bonchev–Trinajstić information content (AvgIpc) is 2.69. The van der Waals surface area contributed by atoms with Crippen LogP contribution in [-0.4, -0.2) is 13.2 Å². The molecule has 0 aliphatic carbocycles. The molecule has 0 saturated heterocycles. The molecule has 0 N–H and O–H groups in total. The summed E-state index contributed by atoms with van der Waals surface area (Å²) in [6.45, 7) is 2.50. The van der Waals surface area contributed by atoms with E-state index in [9.17, 15) is 0 Å². The van der Waals surface area contributed by atoms with Gasteiger partial charge in [0.2, 0.25) is 0 Å². The molecule has 0 amide bonds. The van der Waals surface area contributed by atoms with Crippen molar-refractivity contribution < 1.29 is 4.74 Å². The fourth-order valence-electron chi connectivity index (χ4n) is 2.34. The molecule has 19 heavy (non-hydrogen) atoms. The summed E-state index contributed by atoms with van der Waals surface area (Å²) in [6.07, 6.45) is 0. The molecule has 2 nitrogen and oxygen atoms in total. The predicted molar refractivity (Wildman–Crippen MR) is 79.0 cm³/mol. The maximum absolute atomic E-state index is 5.82. The van der Waals surface area contributed by atoms with Crippen LogP contribution in [0.1, 0.15) is 11.1 Å². The zero-order chi connectivity index (χ0) is 13.1. The Morgan fingerprint density at radius 3 is 2.63 bits per heavy atom. The van der Waals surface area contributed by atoms with Crippen LogP contribution in [0, 0.1) is 0 Å². The van der Waals surface area contributed by atoms with Crippen molar-refractivity contribution >= 4 is 17.3 Å². The molecule has 1 aliphatic heterocycles. The first-order chi connectivity index (χ1) is 9.36. The van der Waals surface area contributed by atoms with E-state index in [1.54, 1.807) is 0 Å². The van der Waals surface area contributed by atoms with Crippen molar-refractivity contribution in [2.45, 2.75) is 12.4 Å². The average molecular weight is 274 g/mol. The SMILES string of the molecule is ClCc1ccc(N2CCOc3ccccc3C2)cc1. The van der Waals surface area contributed by atoms with E-state index in [0.717, 1.165) is 24.4 Å². The minimum Gasteiger partial charge on any atom is -0.491 e. The van der Waals surface area contributed by atoms with Gasteiger partial charge in [0, 0.05) is 23.7 Å². The van der Waals surface area contributed by atoms with E-state index in [2.05, 4.69) is 41.3 Å². The van der Waals surface area contributed by atoms with Gasteiger partial charge >= 0.3 is 0 Å². The third-order valence-electron chi connectivity index (χ3n) is 3.41. The highest BCUT2D eigenvalue weighted by Crippen LogP contribution is 2.26. The molecular formula is C16H16ClNO. The third-order valence-corrected chi connectivity index (χ3v) is 3.72. The molecule has 0 saturated carbocycles. The van der Waals surface area contributed by atoms with E-state index in [1.165, 1.54) is 11.3 Å². The Bertz CT molecular complexity index is 553. The van der Waals surface area contributed by atoms with Gasteiger partial charge in [-0.3, -0.25) is 0 Å². The smallest absolute Gasteiger partial charge is 0.124 e. The van der Waals surface area contributed by atoms with Crippen LogP contribution in [-0.2, 0) is 12.4 Å². The molecule has 1 aliphatic rings. The molecule has 0 atom stereocenters. The minimum absolute atomic E-state index is 0.562. The van der Waals surface area contributed by atoms with Crippen molar-refractivity contribution in [1.29, 1.82) is 0 Å². The molecule has 0 aromatic heterocycles. The maximum Gasteiger partial charge on any atom is 0.124 e. The van der Waals surface area contributed by atoms with Crippen LogP contribution in [0.5, 0.6) is 5.75 Å². The number of halogens is 1. The van der Waals surface area contributed by atoms with Crippen LogP contribution in [0.3, 0.4) is 0 Å². The molecule has 0 spiro atoms. The van der Waals surface area contributed by atoms with Gasteiger partial charge in [-0.05, 0) is 23.8 Å². The molecule has 98 valence electrons. The maximum atomic E-state index is 5.82. The molecule has 2 aromatic rings. The Hall–Kier alpha value is -1.67. The van der Waals surface area contributed by atoms with Gasteiger partial charge in [0.25, 0.3) is 0 Å². The second kappa shape index (κ2) is 5.54. The first kappa shape index (κ1) is 12.4. The molecule has 3 rings (SSSR count). The van der Waals surface area contributed by atoms with E-state index in [1.807, 2.05) is 12.1 Å². The van der Waals surface area contributed by atoms with E-state index < -0.39 is 0 Å². The van der Waals surface area contributed by atoms with E-state index in [0.29, 0.717) is 12.5 Å². The lowest BCUT2D eigenvalue weighted by Gasteiger charge is -2.22. The van der Waals surface area contributed by atoms with E-state index >= 15 is 0 Å². The lowest BCUT2D eigenvalue weighted by Crippen LogP contribution is -2.25. The Labute approximate surface area is 118 Å². The summed E-state index contributed by atoms with van der Waals surface area (Å²) < 4.78 is 5.78. The summed E-state index contributed by atoms with van der Waals surface area (Å²) in [5, 5.41) is 0. The molecular weight excluding hydrogens is 258 g/mol. The van der Waals surface area contributed by atoms with Gasteiger partial charge < -0.3 is 9.64 Å². The normalized spacial score (nSPS) is 14.5. The van der Waals surface area contributed by atoms with Crippen molar-refractivity contribution in [2.24, 2.45) is 0 Å². The zero-order valence-electron chi connectivity index (χ0n) is 10.7. The first-order valence-corrected chi connectivity index (χ1v) is 7.01. The molecule has 3 heteroatoms. The summed E-state index contributed by atoms with van der Waals surface area (Å²) in [5.74, 6) is 1.56. The monoisotopic (exact) mass is 273 g/mol. The zero-order valence-corrected chi connectivity index (χ0v) is 11.4. The Morgan fingerprint density at radius 1 is 1.05 bits per heavy atom. The van der Waals surface area contributed by atoms with Crippen molar-refractivity contribution in [2.75, 3.05) is 18.1 Å². The fraction of sp³-hybridized carbons (Fsp3) is 0.250. The fourth-order valence-corrected chi connectivity index (χ4v) is 2.52. The highest BCUT2D eigenvalue weighted by atomic mass is 35.5. The molecule has 0 radical (unpaired) electrons. The lowest BCUT2D eigenvalue weighted by atomic mass is 10.1. The molecule has 0 fully saturated rings. The number of benzene rings is 2. The summed E-state index contributed by atoms with van der Waals surface area (Å²) in [4.78, 5) is 2.34. The number of para-hydroxylation sites is 1. The Morgan fingerprint density at radius 2 is 1.84 bits per heavy atom. The Balaban J connectivity index is 1.85. The van der Waals surface area contributed by atoms with Gasteiger partial charge in [0.1, 0.15) is 12.4 Å². The van der Waals surface area contributed by atoms with Crippen LogP contribution in [0.2, 0.25) is 0 Å². The van der Waals surface area contributed by atoms with Crippen molar-refractivity contribution in [3.8, 4) is 5.75 Å². The molecule has 2 aromatic carbocycles. The summed E-state index contributed by atoms with van der Waals surface area (Å²) in [6, 6.07) is 16.7. The summed E-state index contributed by atoms with van der Waals surface area (Å²) in [7, 11) is 0. The molecule has 0 bridgehead atoms. The highest BCUT2D eigenvalue weighted by molar-refractivity contribution is 6.17. The minimum atomic E-state index is 0.562. The number of hydrogen-bond donors (Lipinski definition) is 0. The number of ether oxygens (including phenoxy) is 1. The first-order valence-electron chi connectivity index (χ1n) is 6.47. The van der Waals surface area contributed by atoms with Crippen LogP contribution in [0.25, 0.3) is 0 Å². The molecule has 1 heterocycles. The number of hydrogen-bond acceptors (Lipinski definition) is 2. The van der Waals surface area contributed by atoms with Crippen LogP contribution in [0.4, 0.5) is 5.69 Å². The predicted octanol–water partition coefficient (Wildman–Crippen LogP) is 3.82.